The van der Waals surface area contributed by atoms with Gasteiger partial charge in [0, 0.05) is 4.88 Å². The first-order chi connectivity index (χ1) is 10.7. The van der Waals surface area contributed by atoms with Crippen molar-refractivity contribution in [2.24, 2.45) is 5.10 Å². The van der Waals surface area contributed by atoms with E-state index in [9.17, 15) is 4.79 Å². The first-order valence-electron chi connectivity index (χ1n) is 6.41. The molecule has 0 atom stereocenters. The average molecular weight is 396 g/mol. The number of aromatic nitrogens is 2. The number of hydrazone groups is 1. The maximum Gasteiger partial charge on any atom is 0.315 e. The number of rotatable bonds is 5. The Bertz CT molecular complexity index is 794. The first kappa shape index (κ1) is 15.3. The minimum atomic E-state index is -0.149. The van der Waals surface area contributed by atoms with E-state index in [0.717, 1.165) is 24.9 Å². The number of amides is 1. The van der Waals surface area contributed by atoms with Gasteiger partial charge in [-0.1, -0.05) is 12.1 Å². The lowest BCUT2D eigenvalue weighted by molar-refractivity contribution is -0.396. The van der Waals surface area contributed by atoms with Crippen LogP contribution in [0.4, 0.5) is 0 Å². The summed E-state index contributed by atoms with van der Waals surface area (Å²) in [7, 11) is 0. The molecule has 1 amide bonds. The average Bonchev–Trinajstić information content (AvgIpc) is 3.11. The van der Waals surface area contributed by atoms with E-state index in [2.05, 4.69) is 36.4 Å². The molecule has 112 valence electrons. The number of carbonyl (C=O) groups is 1. The fraction of sp³-hybridized carbons (Fsp3) is 0.0714. The molecule has 5 nitrogen and oxygen atoms in total. The topological polar surface area (TPSA) is 71.4 Å². The Balaban J connectivity index is 1.50. The number of thiophene rings is 1. The van der Waals surface area contributed by atoms with E-state index in [1.807, 2.05) is 36.4 Å². The summed E-state index contributed by atoms with van der Waals surface area (Å²) in [5, 5.41) is 4.79. The molecule has 0 unspecified atom stereocenters. The third kappa shape index (κ3) is 3.96. The number of H-pyrrole nitrogens is 2. The molecule has 8 heteroatoms. The van der Waals surface area contributed by atoms with Gasteiger partial charge in [0.15, 0.2) is 11.0 Å². The smallest absolute Gasteiger partial charge is 0.272 e. The standard InChI is InChI=1S/C14H11BrN4OS2/c15-12-6-5-9(22-12)7-16-19-13(20)8-21-14-17-10-3-1-2-4-11(10)18-14/h1-7H,8H2,(H,17,18)(H,19,20)/p+1. The number of halogens is 1. The van der Waals surface area contributed by atoms with Crippen LogP contribution in [0.3, 0.4) is 0 Å². The van der Waals surface area contributed by atoms with Crippen LogP contribution in [-0.2, 0) is 4.79 Å². The summed E-state index contributed by atoms with van der Waals surface area (Å²) in [5.74, 6) is 0.137. The largest absolute Gasteiger partial charge is 0.315 e. The summed E-state index contributed by atoms with van der Waals surface area (Å²) in [4.78, 5) is 19.2. The molecule has 1 aromatic carbocycles. The fourth-order valence-electron chi connectivity index (χ4n) is 1.78. The molecular weight excluding hydrogens is 384 g/mol. The lowest BCUT2D eigenvalue weighted by Crippen LogP contribution is -2.20. The Morgan fingerprint density at radius 2 is 2.27 bits per heavy atom. The van der Waals surface area contributed by atoms with Crippen LogP contribution < -0.4 is 10.4 Å². The minimum Gasteiger partial charge on any atom is -0.272 e. The molecule has 2 aromatic heterocycles. The lowest BCUT2D eigenvalue weighted by Gasteiger charge is -1.95. The van der Waals surface area contributed by atoms with Gasteiger partial charge >= 0.3 is 5.16 Å². The molecule has 0 saturated heterocycles. The van der Waals surface area contributed by atoms with Crippen LogP contribution in [0.5, 0.6) is 0 Å². The molecule has 3 aromatic rings. The number of para-hydroxylation sites is 2. The highest BCUT2D eigenvalue weighted by Crippen LogP contribution is 2.20. The van der Waals surface area contributed by atoms with E-state index in [1.165, 1.54) is 11.8 Å². The number of benzene rings is 1. The molecule has 0 radical (unpaired) electrons. The van der Waals surface area contributed by atoms with Gasteiger partial charge in [0.1, 0.15) is 0 Å². The monoisotopic (exact) mass is 395 g/mol. The second-order valence-corrected chi connectivity index (χ2v) is 7.83. The van der Waals surface area contributed by atoms with Crippen molar-refractivity contribution < 1.29 is 9.78 Å². The van der Waals surface area contributed by atoms with Crippen LogP contribution in [-0.4, -0.2) is 22.9 Å². The number of fused-ring (bicyclic) bond motifs is 1. The molecule has 0 aliphatic rings. The van der Waals surface area contributed by atoms with E-state index in [0.29, 0.717) is 0 Å². The molecule has 3 rings (SSSR count). The predicted molar refractivity (Wildman–Crippen MR) is 93.3 cm³/mol. The molecule has 22 heavy (non-hydrogen) atoms. The van der Waals surface area contributed by atoms with E-state index in [1.54, 1.807) is 17.6 Å². The number of nitrogens with one attached hydrogen (secondary N) is 3. The van der Waals surface area contributed by atoms with Crippen LogP contribution in [0.1, 0.15) is 4.88 Å². The molecule has 0 bridgehead atoms. The summed E-state index contributed by atoms with van der Waals surface area (Å²) in [5.41, 5.74) is 4.56. The SMILES string of the molecule is O=C(CSc1[nH]c2ccccc2[nH+]1)NN=Cc1ccc(Br)s1. The second kappa shape index (κ2) is 7.08. The van der Waals surface area contributed by atoms with Crippen LogP contribution in [0.15, 0.2) is 50.4 Å². The second-order valence-electron chi connectivity index (χ2n) is 4.35. The maximum atomic E-state index is 11.7. The van der Waals surface area contributed by atoms with E-state index in [-0.39, 0.29) is 11.7 Å². The summed E-state index contributed by atoms with van der Waals surface area (Å²) in [6.07, 6.45) is 1.63. The van der Waals surface area contributed by atoms with Crippen molar-refractivity contribution in [3.05, 3.63) is 45.1 Å². The Hall–Kier alpha value is -1.64. The molecule has 3 N–H and O–H groups in total. The molecule has 0 saturated carbocycles. The van der Waals surface area contributed by atoms with Crippen LogP contribution in [0, 0.1) is 0 Å². The number of carbonyl (C=O) groups excluding carboxylic acids is 1. The quantitative estimate of drug-likeness (QED) is 0.395. The predicted octanol–water partition coefficient (Wildman–Crippen LogP) is 3.05. The fourth-order valence-corrected chi connectivity index (χ4v) is 3.78. The van der Waals surface area contributed by atoms with Crippen molar-refractivity contribution in [3.63, 3.8) is 0 Å². The lowest BCUT2D eigenvalue weighted by atomic mass is 10.3. The zero-order chi connectivity index (χ0) is 15.4. The zero-order valence-corrected chi connectivity index (χ0v) is 14.5. The Kier molecular flexibility index (Phi) is 4.91. The number of hydrogen-bond acceptors (Lipinski definition) is 4. The number of aromatic amines is 2. The highest BCUT2D eigenvalue weighted by atomic mass is 79.9. The van der Waals surface area contributed by atoms with Gasteiger partial charge in [0.25, 0.3) is 5.91 Å². The Morgan fingerprint density at radius 1 is 1.41 bits per heavy atom. The summed E-state index contributed by atoms with van der Waals surface area (Å²) >= 11 is 6.33. The molecule has 0 spiro atoms. The Morgan fingerprint density at radius 3 is 3.05 bits per heavy atom. The van der Waals surface area contributed by atoms with E-state index < -0.39 is 0 Å². The van der Waals surface area contributed by atoms with Gasteiger partial charge in [-0.25, -0.2) is 15.4 Å². The number of imidazole rings is 1. The highest BCUT2D eigenvalue weighted by molar-refractivity contribution is 9.11. The third-order valence-corrected chi connectivity index (χ3v) is 5.20. The molecule has 2 heterocycles. The van der Waals surface area contributed by atoms with Crippen molar-refractivity contribution in [1.29, 1.82) is 0 Å². The van der Waals surface area contributed by atoms with Crippen LogP contribution >= 0.6 is 39.0 Å². The maximum absolute atomic E-state index is 11.7. The number of hydrogen-bond donors (Lipinski definition) is 2. The van der Waals surface area contributed by atoms with Gasteiger partial charge in [-0.15, -0.1) is 11.3 Å². The minimum absolute atomic E-state index is 0.149. The summed E-state index contributed by atoms with van der Waals surface area (Å²) < 4.78 is 1.03. The molecule has 0 aliphatic heterocycles. The van der Waals surface area contributed by atoms with Gasteiger partial charge in [-0.3, -0.25) is 4.79 Å². The normalized spacial score (nSPS) is 11.3. The first-order valence-corrected chi connectivity index (χ1v) is 9.00. The van der Waals surface area contributed by atoms with E-state index >= 15 is 0 Å². The summed E-state index contributed by atoms with van der Waals surface area (Å²) in [6, 6.07) is 11.8. The summed E-state index contributed by atoms with van der Waals surface area (Å²) in [6.45, 7) is 0. The Labute approximate surface area is 143 Å². The van der Waals surface area contributed by atoms with Gasteiger partial charge in [-0.2, -0.15) is 5.10 Å². The van der Waals surface area contributed by atoms with Crippen molar-refractivity contribution in [2.75, 3.05) is 5.75 Å². The van der Waals surface area contributed by atoms with E-state index in [4.69, 9.17) is 0 Å². The van der Waals surface area contributed by atoms with Gasteiger partial charge in [0.2, 0.25) is 0 Å². The van der Waals surface area contributed by atoms with Gasteiger partial charge in [-0.05, 0) is 52.0 Å². The van der Waals surface area contributed by atoms with Gasteiger partial charge in [0.05, 0.1) is 15.8 Å². The van der Waals surface area contributed by atoms with Crippen molar-refractivity contribution >= 4 is 62.2 Å². The van der Waals surface area contributed by atoms with Crippen LogP contribution in [0.2, 0.25) is 0 Å². The zero-order valence-electron chi connectivity index (χ0n) is 11.3. The number of nitrogens with zero attached hydrogens (tertiary/aromatic N) is 1. The van der Waals surface area contributed by atoms with Crippen molar-refractivity contribution in [2.45, 2.75) is 5.16 Å². The van der Waals surface area contributed by atoms with Crippen molar-refractivity contribution in [1.82, 2.24) is 10.4 Å². The van der Waals surface area contributed by atoms with Gasteiger partial charge < -0.3 is 0 Å². The third-order valence-electron chi connectivity index (χ3n) is 2.75. The molecule has 0 aliphatic carbocycles. The molecule has 0 fully saturated rings. The van der Waals surface area contributed by atoms with Crippen molar-refractivity contribution in [3.8, 4) is 0 Å². The number of thioether (sulfide) groups is 1. The van der Waals surface area contributed by atoms with Crippen LogP contribution in [0.25, 0.3) is 11.0 Å². The highest BCUT2D eigenvalue weighted by Gasteiger charge is 2.11. The molecular formula is C14H12BrN4OS2+.